The molecule has 1 aromatic heterocycles. The molecule has 0 aliphatic carbocycles. The van der Waals surface area contributed by atoms with Gasteiger partial charge in [-0.25, -0.2) is 12.7 Å². The minimum Gasteiger partial charge on any atom is -0.495 e. The lowest BCUT2D eigenvalue weighted by Crippen LogP contribution is -2.23. The van der Waals surface area contributed by atoms with Crippen LogP contribution in [0.15, 0.2) is 28.3 Å². The molecule has 2 rings (SSSR count). The van der Waals surface area contributed by atoms with E-state index in [-0.39, 0.29) is 22.3 Å². The molecule has 148 valence electrons. The van der Waals surface area contributed by atoms with Crippen LogP contribution in [0, 0.1) is 0 Å². The van der Waals surface area contributed by atoms with Crippen molar-refractivity contribution in [3.63, 3.8) is 0 Å². The molecule has 1 amide bonds. The van der Waals surface area contributed by atoms with Crippen molar-refractivity contribution >= 4 is 33.4 Å². The standard InChI is InChI=1S/C16H23N5O4S2/c1-6-14-18-19-16(21(14)4)26-10-15(22)17-11-7-8-12(25-5)13(9-11)27(23,24)20(2)3/h7-9H,6,10H2,1-5H3,(H,17,22). The number of rotatable bonds is 8. The summed E-state index contributed by atoms with van der Waals surface area (Å²) in [7, 11) is 2.40. The number of ether oxygens (including phenoxy) is 1. The van der Waals surface area contributed by atoms with E-state index in [9.17, 15) is 13.2 Å². The highest BCUT2D eigenvalue weighted by Gasteiger charge is 2.23. The molecule has 11 heteroatoms. The molecule has 2 aromatic rings. The Labute approximate surface area is 163 Å². The first-order valence-electron chi connectivity index (χ1n) is 8.12. The van der Waals surface area contributed by atoms with Crippen LogP contribution in [0.3, 0.4) is 0 Å². The monoisotopic (exact) mass is 413 g/mol. The average Bonchev–Trinajstić information content (AvgIpc) is 2.99. The predicted octanol–water partition coefficient (Wildman–Crippen LogP) is 1.37. The first kappa shape index (κ1) is 21.2. The number of nitrogens with one attached hydrogen (secondary N) is 1. The molecular formula is C16H23N5O4S2. The third kappa shape index (κ3) is 4.79. The molecule has 1 heterocycles. The topological polar surface area (TPSA) is 106 Å². The fourth-order valence-electron chi connectivity index (χ4n) is 2.26. The number of anilines is 1. The van der Waals surface area contributed by atoms with Crippen LogP contribution in [0.2, 0.25) is 0 Å². The van der Waals surface area contributed by atoms with E-state index < -0.39 is 10.0 Å². The normalized spacial score (nSPS) is 11.6. The van der Waals surface area contributed by atoms with Gasteiger partial charge >= 0.3 is 0 Å². The van der Waals surface area contributed by atoms with Gasteiger partial charge in [0.25, 0.3) is 0 Å². The number of hydrogen-bond acceptors (Lipinski definition) is 7. The number of benzene rings is 1. The highest BCUT2D eigenvalue weighted by Crippen LogP contribution is 2.29. The Hall–Kier alpha value is -2.11. The zero-order valence-corrected chi connectivity index (χ0v) is 17.5. The molecule has 0 radical (unpaired) electrons. The highest BCUT2D eigenvalue weighted by atomic mass is 32.2. The van der Waals surface area contributed by atoms with E-state index in [2.05, 4.69) is 15.5 Å². The summed E-state index contributed by atoms with van der Waals surface area (Å²) in [6.07, 6.45) is 0.755. The number of amides is 1. The molecule has 0 aliphatic rings. The van der Waals surface area contributed by atoms with Crippen molar-refractivity contribution in [3.05, 3.63) is 24.0 Å². The number of methoxy groups -OCH3 is 1. The van der Waals surface area contributed by atoms with Gasteiger partial charge in [0.2, 0.25) is 15.9 Å². The quantitative estimate of drug-likeness (QED) is 0.651. The van der Waals surface area contributed by atoms with Gasteiger partial charge in [-0.05, 0) is 18.2 Å². The van der Waals surface area contributed by atoms with Gasteiger partial charge in [-0.3, -0.25) is 4.79 Å². The summed E-state index contributed by atoms with van der Waals surface area (Å²) in [5, 5.41) is 11.4. The minimum atomic E-state index is -3.71. The number of sulfonamides is 1. The summed E-state index contributed by atoms with van der Waals surface area (Å²) in [6, 6.07) is 4.48. The van der Waals surface area contributed by atoms with Crippen LogP contribution < -0.4 is 10.1 Å². The van der Waals surface area contributed by atoms with E-state index in [4.69, 9.17) is 4.74 Å². The SMILES string of the molecule is CCc1nnc(SCC(=O)Nc2ccc(OC)c(S(=O)(=O)N(C)C)c2)n1C. The summed E-state index contributed by atoms with van der Waals surface area (Å²) in [6.45, 7) is 1.98. The number of aryl methyl sites for hydroxylation is 1. The first-order chi connectivity index (χ1) is 12.7. The zero-order valence-electron chi connectivity index (χ0n) is 15.9. The van der Waals surface area contributed by atoms with E-state index in [0.29, 0.717) is 10.8 Å². The van der Waals surface area contributed by atoms with Crippen molar-refractivity contribution in [2.75, 3.05) is 32.3 Å². The van der Waals surface area contributed by atoms with Crippen LogP contribution in [-0.4, -0.2) is 60.4 Å². The molecule has 0 saturated carbocycles. The number of carbonyl (C=O) groups excluding carboxylic acids is 1. The largest absolute Gasteiger partial charge is 0.495 e. The Morgan fingerprint density at radius 3 is 2.59 bits per heavy atom. The maximum absolute atomic E-state index is 12.4. The minimum absolute atomic E-state index is 0.0126. The summed E-state index contributed by atoms with van der Waals surface area (Å²) >= 11 is 1.26. The Kier molecular flexibility index (Phi) is 6.84. The Bertz CT molecular complexity index is 925. The second-order valence-electron chi connectivity index (χ2n) is 5.80. The molecule has 0 atom stereocenters. The number of aromatic nitrogens is 3. The number of thioether (sulfide) groups is 1. The molecule has 9 nitrogen and oxygen atoms in total. The molecule has 0 bridgehead atoms. The van der Waals surface area contributed by atoms with Crippen LogP contribution in [0.1, 0.15) is 12.7 Å². The van der Waals surface area contributed by atoms with Gasteiger partial charge in [0.15, 0.2) is 5.16 Å². The maximum Gasteiger partial charge on any atom is 0.246 e. The molecule has 1 N–H and O–H groups in total. The van der Waals surface area contributed by atoms with Crippen molar-refractivity contribution in [1.82, 2.24) is 19.1 Å². The number of nitrogens with zero attached hydrogens (tertiary/aromatic N) is 4. The van der Waals surface area contributed by atoms with Crippen molar-refractivity contribution < 1.29 is 17.9 Å². The zero-order chi connectivity index (χ0) is 20.2. The maximum atomic E-state index is 12.4. The molecular weight excluding hydrogens is 390 g/mol. The molecule has 0 unspecified atom stereocenters. The van der Waals surface area contributed by atoms with Gasteiger partial charge in [-0.1, -0.05) is 18.7 Å². The number of carbonyl (C=O) groups is 1. The van der Waals surface area contributed by atoms with Crippen LogP contribution in [-0.2, 0) is 28.3 Å². The van der Waals surface area contributed by atoms with E-state index in [1.54, 1.807) is 6.07 Å². The van der Waals surface area contributed by atoms with Gasteiger partial charge in [-0.2, -0.15) is 0 Å². The molecule has 27 heavy (non-hydrogen) atoms. The number of hydrogen-bond donors (Lipinski definition) is 1. The van der Waals surface area contributed by atoms with E-state index >= 15 is 0 Å². The van der Waals surface area contributed by atoms with Crippen LogP contribution in [0.25, 0.3) is 0 Å². The Morgan fingerprint density at radius 2 is 2.04 bits per heavy atom. The van der Waals surface area contributed by atoms with Crippen molar-refractivity contribution in [2.24, 2.45) is 7.05 Å². The van der Waals surface area contributed by atoms with Crippen LogP contribution >= 0.6 is 11.8 Å². The second kappa shape index (κ2) is 8.72. The van der Waals surface area contributed by atoms with E-state index in [0.717, 1.165) is 16.6 Å². The fourth-order valence-corrected chi connectivity index (χ4v) is 4.06. The molecule has 0 aliphatic heterocycles. The van der Waals surface area contributed by atoms with Gasteiger partial charge < -0.3 is 14.6 Å². The van der Waals surface area contributed by atoms with Gasteiger partial charge in [0, 0.05) is 33.3 Å². The van der Waals surface area contributed by atoms with Crippen LogP contribution in [0.5, 0.6) is 5.75 Å². The molecule has 0 spiro atoms. The van der Waals surface area contributed by atoms with Gasteiger partial charge in [0.05, 0.1) is 12.9 Å². The lowest BCUT2D eigenvalue weighted by atomic mass is 10.3. The third-order valence-electron chi connectivity index (χ3n) is 3.78. The smallest absolute Gasteiger partial charge is 0.246 e. The Morgan fingerprint density at radius 1 is 1.33 bits per heavy atom. The van der Waals surface area contributed by atoms with Crippen LogP contribution in [0.4, 0.5) is 5.69 Å². The summed E-state index contributed by atoms with van der Waals surface area (Å²) < 4.78 is 32.9. The lowest BCUT2D eigenvalue weighted by molar-refractivity contribution is -0.113. The Balaban J connectivity index is 2.12. The summed E-state index contributed by atoms with van der Waals surface area (Å²) in [4.78, 5) is 12.2. The predicted molar refractivity (Wildman–Crippen MR) is 104 cm³/mol. The average molecular weight is 414 g/mol. The van der Waals surface area contributed by atoms with E-state index in [1.807, 2.05) is 18.5 Å². The molecule has 0 fully saturated rings. The van der Waals surface area contributed by atoms with Gasteiger partial charge in [0.1, 0.15) is 16.5 Å². The third-order valence-corrected chi connectivity index (χ3v) is 6.64. The van der Waals surface area contributed by atoms with Crippen molar-refractivity contribution in [3.8, 4) is 5.75 Å². The van der Waals surface area contributed by atoms with Crippen molar-refractivity contribution in [1.29, 1.82) is 0 Å². The van der Waals surface area contributed by atoms with E-state index in [1.165, 1.54) is 45.1 Å². The fraction of sp³-hybridized carbons (Fsp3) is 0.438. The molecule has 0 saturated heterocycles. The lowest BCUT2D eigenvalue weighted by Gasteiger charge is -2.16. The van der Waals surface area contributed by atoms with Crippen molar-refractivity contribution in [2.45, 2.75) is 23.4 Å². The second-order valence-corrected chi connectivity index (χ2v) is 8.86. The molecule has 1 aromatic carbocycles. The van der Waals surface area contributed by atoms with Gasteiger partial charge in [-0.15, -0.1) is 10.2 Å². The summed E-state index contributed by atoms with van der Waals surface area (Å²) in [5.41, 5.74) is 0.369. The summed E-state index contributed by atoms with van der Waals surface area (Å²) in [5.74, 6) is 0.894. The highest BCUT2D eigenvalue weighted by molar-refractivity contribution is 7.99. The first-order valence-corrected chi connectivity index (χ1v) is 10.5.